The largest absolute Gasteiger partial charge is 0.378 e. The lowest BCUT2D eigenvalue weighted by Gasteiger charge is -2.37. The van der Waals surface area contributed by atoms with E-state index in [1.165, 1.54) is 24.5 Å². The highest BCUT2D eigenvalue weighted by atomic mass is 19.1. The highest BCUT2D eigenvalue weighted by Gasteiger charge is 2.27. The van der Waals surface area contributed by atoms with E-state index in [9.17, 15) is 14.0 Å². The molecule has 0 atom stereocenters. The van der Waals surface area contributed by atoms with E-state index in [-0.39, 0.29) is 11.6 Å². The van der Waals surface area contributed by atoms with Gasteiger partial charge < -0.3 is 14.5 Å². The zero-order chi connectivity index (χ0) is 18.8. The molecular formula is C19H23FN4O3. The Balaban J connectivity index is 1.38. The van der Waals surface area contributed by atoms with Crippen molar-refractivity contribution in [2.45, 2.75) is 19.4 Å². The molecular weight excluding hydrogens is 351 g/mol. The van der Waals surface area contributed by atoms with Crippen LogP contribution in [0, 0.1) is 11.7 Å². The van der Waals surface area contributed by atoms with Crippen molar-refractivity contribution in [3.8, 4) is 0 Å². The van der Waals surface area contributed by atoms with Crippen LogP contribution >= 0.6 is 0 Å². The molecule has 2 amide bonds. The maximum absolute atomic E-state index is 13.3. The third-order valence-electron chi connectivity index (χ3n) is 5.41. The first kappa shape index (κ1) is 17.9. The SMILES string of the molecule is O=C(N1CCOCC1)N1CCC(Cn2cnc3cc(F)ccc3c2=O)CC1. The molecule has 2 saturated heterocycles. The summed E-state index contributed by atoms with van der Waals surface area (Å²) in [5.41, 5.74) is 0.231. The molecule has 2 aliphatic heterocycles. The van der Waals surface area contributed by atoms with Gasteiger partial charge in [0.2, 0.25) is 0 Å². The van der Waals surface area contributed by atoms with Gasteiger partial charge in [-0.2, -0.15) is 0 Å². The lowest BCUT2D eigenvalue weighted by atomic mass is 9.97. The second kappa shape index (κ2) is 7.64. The lowest BCUT2D eigenvalue weighted by molar-refractivity contribution is 0.0397. The molecule has 1 aromatic heterocycles. The Morgan fingerprint density at radius 1 is 1.15 bits per heavy atom. The van der Waals surface area contributed by atoms with Gasteiger partial charge in [0.25, 0.3) is 5.56 Å². The number of urea groups is 1. The summed E-state index contributed by atoms with van der Waals surface area (Å²) in [4.78, 5) is 33.1. The smallest absolute Gasteiger partial charge is 0.320 e. The number of ether oxygens (including phenoxy) is 1. The molecule has 0 saturated carbocycles. The van der Waals surface area contributed by atoms with Gasteiger partial charge in [-0.05, 0) is 30.9 Å². The van der Waals surface area contributed by atoms with Crippen molar-refractivity contribution in [2.75, 3.05) is 39.4 Å². The second-order valence-corrected chi connectivity index (χ2v) is 7.18. The number of amides is 2. The van der Waals surface area contributed by atoms with Crippen molar-refractivity contribution < 1.29 is 13.9 Å². The van der Waals surface area contributed by atoms with Crippen LogP contribution in [0.25, 0.3) is 10.9 Å². The molecule has 1 aromatic carbocycles. The fourth-order valence-electron chi connectivity index (χ4n) is 3.80. The standard InChI is InChI=1S/C19H23FN4O3/c20-15-1-2-16-17(11-15)21-13-24(18(16)25)12-14-3-5-22(6-4-14)19(26)23-7-9-27-10-8-23/h1-2,11,13-14H,3-10,12H2. The molecule has 0 bridgehead atoms. The number of rotatable bonds is 2. The Morgan fingerprint density at radius 2 is 1.85 bits per heavy atom. The summed E-state index contributed by atoms with van der Waals surface area (Å²) < 4.78 is 20.2. The van der Waals surface area contributed by atoms with Gasteiger partial charge >= 0.3 is 6.03 Å². The van der Waals surface area contributed by atoms with Crippen molar-refractivity contribution in [1.82, 2.24) is 19.4 Å². The molecule has 0 N–H and O–H groups in total. The summed E-state index contributed by atoms with van der Waals surface area (Å²) in [5.74, 6) is -0.0828. The predicted octanol–water partition coefficient (Wildman–Crippen LogP) is 1.70. The normalized spacial score (nSPS) is 18.9. The van der Waals surface area contributed by atoms with E-state index in [2.05, 4.69) is 4.98 Å². The summed E-state index contributed by atoms with van der Waals surface area (Å²) in [5, 5.41) is 0.429. The van der Waals surface area contributed by atoms with E-state index in [1.54, 1.807) is 4.57 Å². The van der Waals surface area contributed by atoms with Gasteiger partial charge in [-0.1, -0.05) is 0 Å². The van der Waals surface area contributed by atoms with Gasteiger partial charge in [0.05, 0.1) is 30.4 Å². The number of carbonyl (C=O) groups excluding carboxylic acids is 1. The van der Waals surface area contributed by atoms with E-state index >= 15 is 0 Å². The quantitative estimate of drug-likeness (QED) is 0.803. The summed E-state index contributed by atoms with van der Waals surface area (Å²) in [7, 11) is 0. The number of benzene rings is 1. The predicted molar refractivity (Wildman–Crippen MR) is 98.0 cm³/mol. The highest BCUT2D eigenvalue weighted by molar-refractivity contribution is 5.77. The topological polar surface area (TPSA) is 67.7 Å². The third-order valence-corrected chi connectivity index (χ3v) is 5.41. The van der Waals surface area contributed by atoms with Crippen molar-refractivity contribution in [3.63, 3.8) is 0 Å². The minimum Gasteiger partial charge on any atom is -0.378 e. The number of hydrogen-bond donors (Lipinski definition) is 0. The number of aromatic nitrogens is 2. The second-order valence-electron chi connectivity index (χ2n) is 7.18. The maximum atomic E-state index is 13.3. The molecule has 0 spiro atoms. The Morgan fingerprint density at radius 3 is 2.59 bits per heavy atom. The molecule has 0 radical (unpaired) electrons. The van der Waals surface area contributed by atoms with E-state index in [0.717, 1.165) is 12.8 Å². The van der Waals surface area contributed by atoms with Gasteiger partial charge in [0, 0.05) is 38.8 Å². The van der Waals surface area contributed by atoms with Gasteiger partial charge in [-0.25, -0.2) is 14.2 Å². The molecule has 2 aliphatic rings. The molecule has 3 heterocycles. The molecule has 2 aromatic rings. The van der Waals surface area contributed by atoms with Crippen LogP contribution in [0.3, 0.4) is 0 Å². The highest BCUT2D eigenvalue weighted by Crippen LogP contribution is 2.20. The van der Waals surface area contributed by atoms with Crippen LogP contribution in [0.5, 0.6) is 0 Å². The van der Waals surface area contributed by atoms with Gasteiger partial charge in [-0.3, -0.25) is 9.36 Å². The van der Waals surface area contributed by atoms with Crippen molar-refractivity contribution in [1.29, 1.82) is 0 Å². The van der Waals surface area contributed by atoms with Crippen LogP contribution in [-0.2, 0) is 11.3 Å². The van der Waals surface area contributed by atoms with Crippen LogP contribution in [-0.4, -0.2) is 64.8 Å². The van der Waals surface area contributed by atoms with E-state index in [4.69, 9.17) is 4.74 Å². The maximum Gasteiger partial charge on any atom is 0.320 e. The van der Waals surface area contributed by atoms with Crippen molar-refractivity contribution in [3.05, 3.63) is 40.7 Å². The van der Waals surface area contributed by atoms with Crippen LogP contribution < -0.4 is 5.56 Å². The number of piperidine rings is 1. The summed E-state index contributed by atoms with van der Waals surface area (Å²) in [6.07, 6.45) is 3.20. The lowest BCUT2D eigenvalue weighted by Crippen LogP contribution is -2.50. The van der Waals surface area contributed by atoms with Crippen LogP contribution in [0.4, 0.5) is 9.18 Å². The first-order valence-electron chi connectivity index (χ1n) is 9.38. The number of fused-ring (bicyclic) bond motifs is 1. The fraction of sp³-hybridized carbons (Fsp3) is 0.526. The monoisotopic (exact) mass is 374 g/mol. The minimum atomic E-state index is -0.399. The summed E-state index contributed by atoms with van der Waals surface area (Å²) in [6.45, 7) is 4.46. The van der Waals surface area contributed by atoms with Gasteiger partial charge in [0.15, 0.2) is 0 Å². The van der Waals surface area contributed by atoms with E-state index < -0.39 is 5.82 Å². The number of hydrogen-bond acceptors (Lipinski definition) is 4. The number of halogens is 1. The van der Waals surface area contributed by atoms with Crippen LogP contribution in [0.2, 0.25) is 0 Å². The molecule has 0 aliphatic carbocycles. The van der Waals surface area contributed by atoms with E-state index in [1.807, 2.05) is 9.80 Å². The third kappa shape index (κ3) is 3.80. The fourth-order valence-corrected chi connectivity index (χ4v) is 3.80. The first-order chi connectivity index (χ1) is 13.1. The van der Waals surface area contributed by atoms with Crippen molar-refractivity contribution >= 4 is 16.9 Å². The Labute approximate surface area is 156 Å². The zero-order valence-electron chi connectivity index (χ0n) is 15.1. The van der Waals surface area contributed by atoms with Crippen LogP contribution in [0.1, 0.15) is 12.8 Å². The number of likely N-dealkylation sites (tertiary alicyclic amines) is 1. The molecule has 2 fully saturated rings. The number of morpholine rings is 1. The van der Waals surface area contributed by atoms with E-state index in [0.29, 0.717) is 62.8 Å². The average molecular weight is 374 g/mol. The Hall–Kier alpha value is -2.48. The molecule has 4 rings (SSSR count). The van der Waals surface area contributed by atoms with Gasteiger partial charge in [-0.15, -0.1) is 0 Å². The number of nitrogens with zero attached hydrogens (tertiary/aromatic N) is 4. The Bertz CT molecular complexity index is 886. The number of carbonyl (C=O) groups is 1. The zero-order valence-corrected chi connectivity index (χ0v) is 15.1. The van der Waals surface area contributed by atoms with Crippen LogP contribution in [0.15, 0.2) is 29.3 Å². The molecule has 27 heavy (non-hydrogen) atoms. The summed E-state index contributed by atoms with van der Waals surface area (Å²) in [6, 6.07) is 4.13. The summed E-state index contributed by atoms with van der Waals surface area (Å²) >= 11 is 0. The molecule has 7 nitrogen and oxygen atoms in total. The average Bonchev–Trinajstić information content (AvgIpc) is 2.71. The van der Waals surface area contributed by atoms with Gasteiger partial charge in [0.1, 0.15) is 5.82 Å². The Kier molecular flexibility index (Phi) is 5.07. The minimum absolute atomic E-state index is 0.0864. The molecule has 0 unspecified atom stereocenters. The molecule has 144 valence electrons. The molecule has 8 heteroatoms. The van der Waals surface area contributed by atoms with Crippen molar-refractivity contribution in [2.24, 2.45) is 5.92 Å². The first-order valence-corrected chi connectivity index (χ1v) is 9.38.